The molecule has 1 saturated carbocycles. The van der Waals surface area contributed by atoms with Gasteiger partial charge < -0.3 is 14.7 Å². The number of fused-ring (bicyclic) bond motifs is 3. The topological polar surface area (TPSA) is 109 Å². The number of hydrogen-bond acceptors (Lipinski definition) is 6. The summed E-state index contributed by atoms with van der Waals surface area (Å²) in [5.41, 5.74) is 0.515. The van der Waals surface area contributed by atoms with Crippen LogP contribution in [0.25, 0.3) is 0 Å². The number of aromatic nitrogens is 2. The van der Waals surface area contributed by atoms with Gasteiger partial charge in [0, 0.05) is 25.3 Å². The number of nitrogens with one attached hydrogen (secondary N) is 1. The maximum Gasteiger partial charge on any atom is 0.257 e. The summed E-state index contributed by atoms with van der Waals surface area (Å²) in [6.07, 6.45) is 3.92. The van der Waals surface area contributed by atoms with Gasteiger partial charge in [0.05, 0.1) is 17.8 Å². The number of carbonyl (C=O) groups excluding carboxylic acids is 3. The highest BCUT2D eigenvalue weighted by Crippen LogP contribution is 2.44. The molecular formula is C22H25N5O4. The van der Waals surface area contributed by atoms with E-state index in [1.54, 1.807) is 21.9 Å². The zero-order valence-electron chi connectivity index (χ0n) is 17.5. The third-order valence-corrected chi connectivity index (χ3v) is 6.39. The second kappa shape index (κ2) is 7.47. The molecule has 1 N–H and O–H groups in total. The molecule has 2 aliphatic heterocycles. The highest BCUT2D eigenvalue weighted by Gasteiger charge is 2.52. The number of rotatable bonds is 7. The fourth-order valence-corrected chi connectivity index (χ4v) is 4.55. The summed E-state index contributed by atoms with van der Waals surface area (Å²) in [5, 5.41) is 6.73. The summed E-state index contributed by atoms with van der Waals surface area (Å²) in [5.74, 6) is 1.32. The van der Waals surface area contributed by atoms with Crippen molar-refractivity contribution < 1.29 is 18.9 Å². The summed E-state index contributed by atoms with van der Waals surface area (Å²) >= 11 is 0. The first-order valence-corrected chi connectivity index (χ1v) is 10.8. The Balaban J connectivity index is 1.20. The van der Waals surface area contributed by atoms with Gasteiger partial charge in [-0.15, -0.1) is 0 Å². The van der Waals surface area contributed by atoms with Crippen LogP contribution in [0.2, 0.25) is 0 Å². The summed E-state index contributed by atoms with van der Waals surface area (Å²) in [7, 11) is 0. The average molecular weight is 423 g/mol. The Bertz CT molecular complexity index is 1050. The van der Waals surface area contributed by atoms with Crippen molar-refractivity contribution >= 4 is 23.4 Å². The van der Waals surface area contributed by atoms with Gasteiger partial charge in [0.15, 0.2) is 5.82 Å². The van der Waals surface area contributed by atoms with Gasteiger partial charge in [0.25, 0.3) is 5.91 Å². The van der Waals surface area contributed by atoms with E-state index in [0.717, 1.165) is 18.7 Å². The van der Waals surface area contributed by atoms with Crippen LogP contribution < -0.4 is 10.2 Å². The molecule has 3 heterocycles. The first-order chi connectivity index (χ1) is 15.0. The molecule has 1 aromatic heterocycles. The van der Waals surface area contributed by atoms with Crippen molar-refractivity contribution in [1.29, 1.82) is 0 Å². The van der Waals surface area contributed by atoms with Crippen LogP contribution in [0.4, 0.5) is 5.69 Å². The minimum absolute atomic E-state index is 0.0234. The predicted octanol–water partition coefficient (Wildman–Crippen LogP) is 2.34. The zero-order valence-corrected chi connectivity index (χ0v) is 17.5. The fourth-order valence-electron chi connectivity index (χ4n) is 4.55. The van der Waals surface area contributed by atoms with Crippen molar-refractivity contribution in [3.8, 4) is 0 Å². The van der Waals surface area contributed by atoms with Crippen LogP contribution in [0.5, 0.6) is 0 Å². The van der Waals surface area contributed by atoms with Crippen LogP contribution >= 0.6 is 0 Å². The monoisotopic (exact) mass is 423 g/mol. The lowest BCUT2D eigenvalue weighted by Crippen LogP contribution is -2.62. The molecule has 1 saturated heterocycles. The van der Waals surface area contributed by atoms with E-state index in [1.165, 1.54) is 0 Å². The molecule has 1 atom stereocenters. The molecule has 0 spiro atoms. The Morgan fingerprint density at radius 1 is 1.29 bits per heavy atom. The van der Waals surface area contributed by atoms with Crippen LogP contribution in [0, 0.1) is 0 Å². The number of nitrogens with zero attached hydrogens (tertiary/aromatic N) is 4. The SMILES string of the molecule is C[C@@]12CCC(=O)N1c1ccccc1C(=O)N2CCCC(=O)NCc1nc(C2CC2)no1. The molecule has 9 heteroatoms. The van der Waals surface area contributed by atoms with Crippen molar-refractivity contribution in [2.75, 3.05) is 11.4 Å². The third-order valence-electron chi connectivity index (χ3n) is 6.39. The van der Waals surface area contributed by atoms with Crippen LogP contribution in [-0.4, -0.2) is 45.0 Å². The minimum atomic E-state index is -0.692. The summed E-state index contributed by atoms with van der Waals surface area (Å²) in [6.45, 7) is 2.53. The number of anilines is 1. The van der Waals surface area contributed by atoms with Crippen molar-refractivity contribution in [3.05, 3.63) is 41.5 Å². The van der Waals surface area contributed by atoms with E-state index in [-0.39, 0.29) is 30.7 Å². The summed E-state index contributed by atoms with van der Waals surface area (Å²) in [6, 6.07) is 7.22. The van der Waals surface area contributed by atoms with Crippen molar-refractivity contribution in [2.45, 2.75) is 63.6 Å². The van der Waals surface area contributed by atoms with Gasteiger partial charge in [-0.1, -0.05) is 17.3 Å². The molecule has 2 aromatic rings. The Kier molecular flexibility index (Phi) is 4.75. The Hall–Kier alpha value is -3.23. The lowest BCUT2D eigenvalue weighted by molar-refractivity contribution is -0.121. The van der Waals surface area contributed by atoms with Crippen LogP contribution in [-0.2, 0) is 16.1 Å². The fraction of sp³-hybridized carbons (Fsp3) is 0.500. The van der Waals surface area contributed by atoms with E-state index >= 15 is 0 Å². The second-order valence-corrected chi connectivity index (χ2v) is 8.62. The molecule has 1 aromatic carbocycles. The highest BCUT2D eigenvalue weighted by molar-refractivity contribution is 6.10. The largest absolute Gasteiger partial charge is 0.347 e. The van der Waals surface area contributed by atoms with E-state index in [4.69, 9.17) is 4.52 Å². The quantitative estimate of drug-likeness (QED) is 0.732. The Morgan fingerprint density at radius 3 is 2.90 bits per heavy atom. The summed E-state index contributed by atoms with van der Waals surface area (Å²) in [4.78, 5) is 45.8. The van der Waals surface area contributed by atoms with Gasteiger partial charge in [-0.2, -0.15) is 4.98 Å². The standard InChI is InChI=1S/C22H25N5O4/c1-22-11-10-19(29)27(22)16-6-3-2-5-15(16)21(30)26(22)12-4-7-17(28)23-13-18-24-20(25-31-18)14-8-9-14/h2-3,5-6,14H,4,7-13H2,1H3,(H,23,28)/t22-/m0/s1. The van der Waals surface area contributed by atoms with E-state index in [9.17, 15) is 14.4 Å². The molecule has 0 radical (unpaired) electrons. The average Bonchev–Trinajstić information content (AvgIpc) is 3.42. The first kappa shape index (κ1) is 19.7. The number of para-hydroxylation sites is 1. The van der Waals surface area contributed by atoms with Gasteiger partial charge >= 0.3 is 0 Å². The predicted molar refractivity (Wildman–Crippen MR) is 110 cm³/mol. The van der Waals surface area contributed by atoms with Gasteiger partial charge in [-0.05, 0) is 44.7 Å². The number of benzene rings is 1. The maximum absolute atomic E-state index is 13.2. The highest BCUT2D eigenvalue weighted by atomic mass is 16.5. The van der Waals surface area contributed by atoms with Crippen molar-refractivity contribution in [2.24, 2.45) is 0 Å². The molecule has 1 aliphatic carbocycles. The first-order valence-electron chi connectivity index (χ1n) is 10.8. The minimum Gasteiger partial charge on any atom is -0.347 e. The van der Waals surface area contributed by atoms with E-state index < -0.39 is 5.66 Å². The van der Waals surface area contributed by atoms with Crippen molar-refractivity contribution in [3.63, 3.8) is 0 Å². The maximum atomic E-state index is 13.2. The summed E-state index contributed by atoms with van der Waals surface area (Å²) < 4.78 is 5.17. The molecular weight excluding hydrogens is 398 g/mol. The lowest BCUT2D eigenvalue weighted by atomic mass is 9.98. The van der Waals surface area contributed by atoms with Crippen molar-refractivity contribution in [1.82, 2.24) is 20.4 Å². The van der Waals surface area contributed by atoms with Gasteiger partial charge in [-0.3, -0.25) is 19.3 Å². The number of amides is 3. The Labute approximate surface area is 179 Å². The molecule has 3 amide bonds. The molecule has 2 fully saturated rings. The van der Waals surface area contributed by atoms with E-state index in [1.807, 2.05) is 19.1 Å². The van der Waals surface area contributed by atoms with Gasteiger partial charge in [0.1, 0.15) is 5.66 Å². The van der Waals surface area contributed by atoms with Crippen LogP contribution in [0.3, 0.4) is 0 Å². The smallest absolute Gasteiger partial charge is 0.257 e. The van der Waals surface area contributed by atoms with Gasteiger partial charge in [-0.25, -0.2) is 0 Å². The lowest BCUT2D eigenvalue weighted by Gasteiger charge is -2.48. The molecule has 162 valence electrons. The van der Waals surface area contributed by atoms with E-state index in [0.29, 0.717) is 48.9 Å². The number of hydrogen-bond donors (Lipinski definition) is 1. The molecule has 3 aliphatic rings. The Morgan fingerprint density at radius 2 is 2.10 bits per heavy atom. The van der Waals surface area contributed by atoms with Crippen LogP contribution in [0.15, 0.2) is 28.8 Å². The molecule has 9 nitrogen and oxygen atoms in total. The van der Waals surface area contributed by atoms with Crippen LogP contribution in [0.1, 0.15) is 73.4 Å². The number of carbonyl (C=O) groups is 3. The third kappa shape index (κ3) is 3.47. The second-order valence-electron chi connectivity index (χ2n) is 8.62. The van der Waals surface area contributed by atoms with Gasteiger partial charge in [0.2, 0.25) is 17.7 Å². The van der Waals surface area contributed by atoms with E-state index in [2.05, 4.69) is 15.5 Å². The molecule has 5 rings (SSSR count). The molecule has 0 unspecified atom stereocenters. The molecule has 0 bridgehead atoms. The normalized spacial score (nSPS) is 22.5. The molecule has 31 heavy (non-hydrogen) atoms. The zero-order chi connectivity index (χ0) is 21.6.